The molecule has 78 valence electrons. The quantitative estimate of drug-likeness (QED) is 0.706. The molecule has 0 unspecified atom stereocenters. The van der Waals surface area contributed by atoms with Gasteiger partial charge in [0.2, 0.25) is 0 Å². The molecule has 0 amide bonds. The first-order chi connectivity index (χ1) is 7.40. The Morgan fingerprint density at radius 3 is 3.07 bits per heavy atom. The lowest BCUT2D eigenvalue weighted by Crippen LogP contribution is -2.02. The van der Waals surface area contributed by atoms with Crippen molar-refractivity contribution in [3.63, 3.8) is 0 Å². The van der Waals surface area contributed by atoms with E-state index < -0.39 is 0 Å². The minimum atomic E-state index is 0.0258. The van der Waals surface area contributed by atoms with Crippen LogP contribution in [0.4, 0.5) is 5.69 Å². The fourth-order valence-corrected chi connectivity index (χ4v) is 1.39. The molecule has 4 heteroatoms. The SMILES string of the molecule is OCc1ccncc1NCc1cc[nH]c1. The van der Waals surface area contributed by atoms with Gasteiger partial charge in [-0.15, -0.1) is 0 Å². The Hall–Kier alpha value is -1.81. The molecule has 0 saturated heterocycles. The van der Waals surface area contributed by atoms with E-state index in [1.165, 1.54) is 5.56 Å². The normalized spacial score (nSPS) is 10.2. The highest BCUT2D eigenvalue weighted by molar-refractivity contribution is 5.48. The molecular formula is C11H13N3O. The van der Waals surface area contributed by atoms with Crippen molar-refractivity contribution in [1.29, 1.82) is 0 Å². The zero-order valence-electron chi connectivity index (χ0n) is 8.27. The summed E-state index contributed by atoms with van der Waals surface area (Å²) in [6.45, 7) is 0.750. The summed E-state index contributed by atoms with van der Waals surface area (Å²) in [5, 5.41) is 12.3. The van der Waals surface area contributed by atoms with Crippen LogP contribution < -0.4 is 5.32 Å². The second-order valence-electron chi connectivity index (χ2n) is 3.26. The maximum atomic E-state index is 9.10. The van der Waals surface area contributed by atoms with Gasteiger partial charge in [-0.05, 0) is 17.7 Å². The minimum Gasteiger partial charge on any atom is -0.392 e. The first-order valence-electron chi connectivity index (χ1n) is 4.79. The molecule has 4 nitrogen and oxygen atoms in total. The number of anilines is 1. The van der Waals surface area contributed by atoms with E-state index in [0.29, 0.717) is 0 Å². The van der Waals surface area contributed by atoms with Crippen molar-refractivity contribution in [3.05, 3.63) is 48.0 Å². The second-order valence-corrected chi connectivity index (χ2v) is 3.26. The maximum absolute atomic E-state index is 9.10. The Morgan fingerprint density at radius 2 is 2.33 bits per heavy atom. The molecule has 0 saturated carbocycles. The third kappa shape index (κ3) is 2.35. The lowest BCUT2D eigenvalue weighted by Gasteiger charge is -2.08. The highest BCUT2D eigenvalue weighted by Crippen LogP contribution is 2.14. The summed E-state index contributed by atoms with van der Waals surface area (Å²) in [4.78, 5) is 7.00. The lowest BCUT2D eigenvalue weighted by molar-refractivity contribution is 0.282. The van der Waals surface area contributed by atoms with Gasteiger partial charge in [0.05, 0.1) is 18.5 Å². The highest BCUT2D eigenvalue weighted by Gasteiger charge is 2.00. The topological polar surface area (TPSA) is 60.9 Å². The van der Waals surface area contributed by atoms with Crippen LogP contribution in [0, 0.1) is 0 Å². The molecule has 0 radical (unpaired) electrons. The van der Waals surface area contributed by atoms with Crippen LogP contribution in [-0.4, -0.2) is 15.1 Å². The standard InChI is InChI=1S/C11H13N3O/c15-8-10-2-4-13-7-11(10)14-6-9-1-3-12-5-9/h1-5,7,12,14-15H,6,8H2. The summed E-state index contributed by atoms with van der Waals surface area (Å²) in [5.74, 6) is 0. The number of nitrogens with zero attached hydrogens (tertiary/aromatic N) is 1. The van der Waals surface area contributed by atoms with Crippen LogP contribution in [0.2, 0.25) is 0 Å². The van der Waals surface area contributed by atoms with Gasteiger partial charge in [-0.3, -0.25) is 4.98 Å². The third-order valence-corrected chi connectivity index (χ3v) is 2.23. The Labute approximate surface area is 88.0 Å². The minimum absolute atomic E-state index is 0.0258. The van der Waals surface area contributed by atoms with Crippen LogP contribution in [0.5, 0.6) is 0 Å². The number of aliphatic hydroxyl groups excluding tert-OH is 1. The number of aromatic amines is 1. The molecule has 15 heavy (non-hydrogen) atoms. The predicted molar refractivity (Wildman–Crippen MR) is 58.3 cm³/mol. The van der Waals surface area contributed by atoms with E-state index in [1.807, 2.05) is 18.5 Å². The summed E-state index contributed by atoms with van der Waals surface area (Å²) in [6.07, 6.45) is 7.21. The molecule has 0 atom stereocenters. The average molecular weight is 203 g/mol. The molecule has 0 bridgehead atoms. The largest absolute Gasteiger partial charge is 0.392 e. The molecule has 0 aromatic carbocycles. The van der Waals surface area contributed by atoms with Gasteiger partial charge in [-0.2, -0.15) is 0 Å². The zero-order chi connectivity index (χ0) is 10.5. The maximum Gasteiger partial charge on any atom is 0.0703 e. The number of aliphatic hydroxyl groups is 1. The molecule has 0 aliphatic carbocycles. The van der Waals surface area contributed by atoms with Crippen LogP contribution in [0.1, 0.15) is 11.1 Å². The number of aromatic nitrogens is 2. The molecule has 2 heterocycles. The summed E-state index contributed by atoms with van der Waals surface area (Å²) in [6, 6.07) is 3.81. The van der Waals surface area contributed by atoms with Gasteiger partial charge in [-0.1, -0.05) is 0 Å². The van der Waals surface area contributed by atoms with Crippen molar-refractivity contribution < 1.29 is 5.11 Å². The Kier molecular flexibility index (Phi) is 2.99. The van der Waals surface area contributed by atoms with E-state index in [9.17, 15) is 0 Å². The Bertz CT molecular complexity index is 412. The van der Waals surface area contributed by atoms with E-state index in [1.54, 1.807) is 18.5 Å². The Balaban J connectivity index is 2.04. The van der Waals surface area contributed by atoms with Gasteiger partial charge in [0.1, 0.15) is 0 Å². The van der Waals surface area contributed by atoms with E-state index in [-0.39, 0.29) is 6.61 Å². The fraction of sp³-hybridized carbons (Fsp3) is 0.182. The van der Waals surface area contributed by atoms with Crippen molar-refractivity contribution in [2.24, 2.45) is 0 Å². The monoisotopic (exact) mass is 203 g/mol. The van der Waals surface area contributed by atoms with Crippen LogP contribution in [0.3, 0.4) is 0 Å². The number of nitrogens with one attached hydrogen (secondary N) is 2. The van der Waals surface area contributed by atoms with Gasteiger partial charge in [0, 0.05) is 30.7 Å². The molecule has 2 aromatic heterocycles. The van der Waals surface area contributed by atoms with Crippen molar-refractivity contribution in [1.82, 2.24) is 9.97 Å². The van der Waals surface area contributed by atoms with Gasteiger partial charge in [0.25, 0.3) is 0 Å². The Morgan fingerprint density at radius 1 is 1.40 bits per heavy atom. The van der Waals surface area contributed by atoms with E-state index in [0.717, 1.165) is 17.8 Å². The molecular weight excluding hydrogens is 190 g/mol. The van der Waals surface area contributed by atoms with Gasteiger partial charge in [-0.25, -0.2) is 0 Å². The number of hydrogen-bond acceptors (Lipinski definition) is 3. The smallest absolute Gasteiger partial charge is 0.0703 e. The lowest BCUT2D eigenvalue weighted by atomic mass is 10.2. The van der Waals surface area contributed by atoms with Crippen LogP contribution in [0.25, 0.3) is 0 Å². The third-order valence-electron chi connectivity index (χ3n) is 2.23. The highest BCUT2D eigenvalue weighted by atomic mass is 16.3. The first-order valence-corrected chi connectivity index (χ1v) is 4.79. The van der Waals surface area contributed by atoms with Gasteiger partial charge < -0.3 is 15.4 Å². The molecule has 2 rings (SSSR count). The van der Waals surface area contributed by atoms with E-state index in [2.05, 4.69) is 15.3 Å². The van der Waals surface area contributed by atoms with Crippen LogP contribution in [0.15, 0.2) is 36.9 Å². The fourth-order valence-electron chi connectivity index (χ4n) is 1.39. The number of rotatable bonds is 4. The van der Waals surface area contributed by atoms with Crippen molar-refractivity contribution in [3.8, 4) is 0 Å². The first kappa shape index (κ1) is 9.73. The average Bonchev–Trinajstić information content (AvgIpc) is 2.79. The molecule has 0 fully saturated rings. The number of pyridine rings is 1. The molecule has 2 aromatic rings. The molecule has 0 aliphatic rings. The summed E-state index contributed by atoms with van der Waals surface area (Å²) >= 11 is 0. The summed E-state index contributed by atoms with van der Waals surface area (Å²) in [7, 11) is 0. The molecule has 3 N–H and O–H groups in total. The van der Waals surface area contributed by atoms with Crippen LogP contribution >= 0.6 is 0 Å². The molecule has 0 spiro atoms. The van der Waals surface area contributed by atoms with Gasteiger partial charge in [0.15, 0.2) is 0 Å². The zero-order valence-corrected chi connectivity index (χ0v) is 8.27. The number of hydrogen-bond donors (Lipinski definition) is 3. The van der Waals surface area contributed by atoms with Crippen LogP contribution in [-0.2, 0) is 13.2 Å². The van der Waals surface area contributed by atoms with Crippen molar-refractivity contribution >= 4 is 5.69 Å². The molecule has 0 aliphatic heterocycles. The van der Waals surface area contributed by atoms with E-state index >= 15 is 0 Å². The second kappa shape index (κ2) is 4.61. The predicted octanol–water partition coefficient (Wildman–Crippen LogP) is 1.51. The van der Waals surface area contributed by atoms with Crippen molar-refractivity contribution in [2.75, 3.05) is 5.32 Å². The summed E-state index contributed by atoms with van der Waals surface area (Å²) < 4.78 is 0. The summed E-state index contributed by atoms with van der Waals surface area (Å²) in [5.41, 5.74) is 2.91. The number of H-pyrrole nitrogens is 1. The van der Waals surface area contributed by atoms with E-state index in [4.69, 9.17) is 5.11 Å². The van der Waals surface area contributed by atoms with Crippen molar-refractivity contribution in [2.45, 2.75) is 13.2 Å². The van der Waals surface area contributed by atoms with Gasteiger partial charge >= 0.3 is 0 Å².